The quantitative estimate of drug-likeness (QED) is 0.836. The topological polar surface area (TPSA) is 55.5 Å². The zero-order valence-corrected chi connectivity index (χ0v) is 10.0. The molecule has 1 heterocycles. The van der Waals surface area contributed by atoms with Crippen molar-refractivity contribution < 1.29 is 14.4 Å². The van der Waals surface area contributed by atoms with Gasteiger partial charge in [-0.15, -0.1) is 0 Å². The monoisotopic (exact) mass is 243 g/mol. The lowest BCUT2D eigenvalue weighted by molar-refractivity contribution is 0.302. The maximum absolute atomic E-state index is 8.63. The molecule has 0 amide bonds. The van der Waals surface area contributed by atoms with Crippen molar-refractivity contribution in [2.45, 2.75) is 13.5 Å². The minimum absolute atomic E-state index is 0.134. The van der Waals surface area contributed by atoms with Gasteiger partial charge in [0.2, 0.25) is 0 Å². The third-order valence-corrected chi connectivity index (χ3v) is 2.36. The molecular weight excluding hydrogens is 230 g/mol. The molecule has 1 aromatic heterocycles. The van der Waals surface area contributed by atoms with Crippen LogP contribution in [0.4, 0.5) is 0 Å². The first-order valence-electron chi connectivity index (χ1n) is 5.51. The van der Waals surface area contributed by atoms with Crippen LogP contribution in [0.15, 0.2) is 35.2 Å². The molecule has 0 radical (unpaired) electrons. The van der Waals surface area contributed by atoms with Crippen LogP contribution < -0.4 is 4.74 Å². The summed E-state index contributed by atoms with van der Waals surface area (Å²) in [5.74, 6) is 6.26. The summed E-state index contributed by atoms with van der Waals surface area (Å²) in [6.45, 7) is 2.24. The van der Waals surface area contributed by atoms with Crippen LogP contribution in [0.2, 0.25) is 0 Å². The molecule has 1 aromatic carbocycles. The summed E-state index contributed by atoms with van der Waals surface area (Å²) >= 11 is 0. The Hall–Kier alpha value is -2.25. The molecule has 0 aliphatic heterocycles. The highest BCUT2D eigenvalue weighted by Gasteiger charge is 2.02. The van der Waals surface area contributed by atoms with E-state index in [9.17, 15) is 0 Å². The van der Waals surface area contributed by atoms with Gasteiger partial charge in [0.05, 0.1) is 6.20 Å². The van der Waals surface area contributed by atoms with Gasteiger partial charge in [-0.25, -0.2) is 0 Å². The second kappa shape index (κ2) is 5.89. The second-order valence-electron chi connectivity index (χ2n) is 3.76. The molecule has 0 atom stereocenters. The zero-order chi connectivity index (χ0) is 12.8. The van der Waals surface area contributed by atoms with Gasteiger partial charge in [0, 0.05) is 11.1 Å². The fourth-order valence-corrected chi connectivity index (χ4v) is 1.49. The number of aliphatic hydroxyl groups excluding tert-OH is 1. The van der Waals surface area contributed by atoms with Gasteiger partial charge < -0.3 is 14.4 Å². The highest BCUT2D eigenvalue weighted by molar-refractivity contribution is 5.43. The van der Waals surface area contributed by atoms with E-state index in [4.69, 9.17) is 14.4 Å². The molecule has 0 fully saturated rings. The first kappa shape index (κ1) is 12.2. The molecule has 0 aliphatic rings. The number of nitrogens with zero attached hydrogens (tertiary/aromatic N) is 1. The maximum Gasteiger partial charge on any atom is 0.130 e. The summed E-state index contributed by atoms with van der Waals surface area (Å²) in [6, 6.07) is 5.65. The van der Waals surface area contributed by atoms with E-state index in [1.807, 2.05) is 25.1 Å². The number of benzene rings is 1. The van der Waals surface area contributed by atoms with Gasteiger partial charge in [0.1, 0.15) is 25.2 Å². The normalized spacial score (nSPS) is 9.67. The lowest BCUT2D eigenvalue weighted by Crippen LogP contribution is -1.96. The fourth-order valence-electron chi connectivity index (χ4n) is 1.49. The van der Waals surface area contributed by atoms with Crippen LogP contribution in [-0.2, 0) is 6.61 Å². The van der Waals surface area contributed by atoms with E-state index >= 15 is 0 Å². The molecule has 0 saturated heterocycles. The molecule has 18 heavy (non-hydrogen) atoms. The Labute approximate surface area is 105 Å². The van der Waals surface area contributed by atoms with Crippen molar-refractivity contribution in [2.75, 3.05) is 6.61 Å². The summed E-state index contributed by atoms with van der Waals surface area (Å²) in [4.78, 5) is 0. The number of aliphatic hydroxyl groups is 1. The lowest BCUT2D eigenvalue weighted by atomic mass is 10.1. The van der Waals surface area contributed by atoms with E-state index in [-0.39, 0.29) is 6.61 Å². The predicted octanol–water partition coefficient (Wildman–Crippen LogP) is 1.91. The molecule has 0 unspecified atom stereocenters. The summed E-state index contributed by atoms with van der Waals surface area (Å²) in [5.41, 5.74) is 2.74. The van der Waals surface area contributed by atoms with Gasteiger partial charge >= 0.3 is 0 Å². The fraction of sp³-hybridized carbons (Fsp3) is 0.214. The van der Waals surface area contributed by atoms with Crippen molar-refractivity contribution in [2.24, 2.45) is 0 Å². The molecule has 92 valence electrons. The van der Waals surface area contributed by atoms with Gasteiger partial charge in [-0.2, -0.15) is 0 Å². The summed E-state index contributed by atoms with van der Waals surface area (Å²) in [7, 11) is 0. The van der Waals surface area contributed by atoms with E-state index in [0.717, 1.165) is 22.4 Å². The van der Waals surface area contributed by atoms with Crippen LogP contribution in [0, 0.1) is 18.8 Å². The third kappa shape index (κ3) is 3.12. The van der Waals surface area contributed by atoms with Crippen molar-refractivity contribution in [3.63, 3.8) is 0 Å². The minimum Gasteiger partial charge on any atom is -0.488 e. The molecule has 0 spiro atoms. The SMILES string of the molecule is Cc1cc(C#CCO)ccc1OCc1cnoc1. The summed E-state index contributed by atoms with van der Waals surface area (Å²) in [5, 5.41) is 12.2. The number of rotatable bonds is 3. The van der Waals surface area contributed by atoms with E-state index < -0.39 is 0 Å². The van der Waals surface area contributed by atoms with Gasteiger partial charge in [0.25, 0.3) is 0 Å². The Morgan fingerprint density at radius 3 is 3.00 bits per heavy atom. The molecule has 0 aliphatic carbocycles. The first-order chi connectivity index (χ1) is 8.79. The van der Waals surface area contributed by atoms with Crippen LogP contribution in [0.25, 0.3) is 0 Å². The number of hydrogen-bond acceptors (Lipinski definition) is 4. The molecule has 1 N–H and O–H groups in total. The van der Waals surface area contributed by atoms with Crippen LogP contribution in [0.3, 0.4) is 0 Å². The molecule has 2 aromatic rings. The summed E-state index contributed by atoms with van der Waals surface area (Å²) < 4.78 is 10.4. The number of aromatic nitrogens is 1. The van der Waals surface area contributed by atoms with Gasteiger partial charge in [0.15, 0.2) is 0 Å². The largest absolute Gasteiger partial charge is 0.488 e. The maximum atomic E-state index is 8.63. The number of ether oxygens (including phenoxy) is 1. The van der Waals surface area contributed by atoms with Crippen molar-refractivity contribution in [1.29, 1.82) is 0 Å². The van der Waals surface area contributed by atoms with Crippen LogP contribution in [0.5, 0.6) is 5.75 Å². The smallest absolute Gasteiger partial charge is 0.130 e. The Balaban J connectivity index is 2.05. The highest BCUT2D eigenvalue weighted by atomic mass is 16.5. The molecule has 2 rings (SSSR count). The first-order valence-corrected chi connectivity index (χ1v) is 5.51. The molecule has 4 heteroatoms. The average molecular weight is 243 g/mol. The Morgan fingerprint density at radius 2 is 2.33 bits per heavy atom. The van der Waals surface area contributed by atoms with E-state index in [1.54, 1.807) is 12.5 Å². The Bertz CT molecular complexity index is 564. The van der Waals surface area contributed by atoms with E-state index in [0.29, 0.717) is 6.61 Å². The van der Waals surface area contributed by atoms with E-state index in [2.05, 4.69) is 17.0 Å². The van der Waals surface area contributed by atoms with Crippen LogP contribution in [-0.4, -0.2) is 16.9 Å². The zero-order valence-electron chi connectivity index (χ0n) is 10.0. The summed E-state index contributed by atoms with van der Waals surface area (Å²) in [6.07, 6.45) is 3.17. The van der Waals surface area contributed by atoms with Crippen molar-refractivity contribution in [3.8, 4) is 17.6 Å². The van der Waals surface area contributed by atoms with Crippen molar-refractivity contribution in [3.05, 3.63) is 47.3 Å². The number of aryl methyl sites for hydroxylation is 1. The second-order valence-corrected chi connectivity index (χ2v) is 3.76. The molecular formula is C14H13NO3. The average Bonchev–Trinajstić information content (AvgIpc) is 2.88. The van der Waals surface area contributed by atoms with Crippen LogP contribution >= 0.6 is 0 Å². The predicted molar refractivity (Wildman–Crippen MR) is 66.0 cm³/mol. The lowest BCUT2D eigenvalue weighted by Gasteiger charge is -2.07. The highest BCUT2D eigenvalue weighted by Crippen LogP contribution is 2.20. The van der Waals surface area contributed by atoms with Gasteiger partial charge in [-0.1, -0.05) is 17.0 Å². The van der Waals surface area contributed by atoms with E-state index in [1.165, 1.54) is 0 Å². The van der Waals surface area contributed by atoms with Crippen LogP contribution in [0.1, 0.15) is 16.7 Å². The van der Waals surface area contributed by atoms with Crippen molar-refractivity contribution in [1.82, 2.24) is 5.16 Å². The van der Waals surface area contributed by atoms with Crippen molar-refractivity contribution >= 4 is 0 Å². The van der Waals surface area contributed by atoms with Gasteiger partial charge in [-0.3, -0.25) is 0 Å². The van der Waals surface area contributed by atoms with Gasteiger partial charge in [-0.05, 0) is 30.7 Å². The third-order valence-electron chi connectivity index (χ3n) is 2.36. The molecule has 4 nitrogen and oxygen atoms in total. The molecule has 0 bridgehead atoms. The Morgan fingerprint density at radius 1 is 1.44 bits per heavy atom. The minimum atomic E-state index is -0.134. The number of hydrogen-bond donors (Lipinski definition) is 1. The Kier molecular flexibility index (Phi) is 4.00. The standard InChI is InChI=1S/C14H13NO3/c1-11-7-12(3-2-6-16)4-5-14(11)17-9-13-8-15-18-10-13/h4-5,7-8,10,16H,6,9H2,1H3. The molecule has 0 saturated carbocycles.